The second-order valence-electron chi connectivity index (χ2n) is 7.54. The Hall–Kier alpha value is -2.92. The molecule has 27 heavy (non-hydrogen) atoms. The molecule has 1 aliphatic heterocycles. The minimum Gasteiger partial charge on any atom is -0.338 e. The fourth-order valence-electron chi connectivity index (χ4n) is 3.65. The van der Waals surface area contributed by atoms with Gasteiger partial charge >= 0.3 is 0 Å². The minimum atomic E-state index is 0.0235. The number of aromatic nitrogens is 2. The van der Waals surface area contributed by atoms with E-state index >= 15 is 0 Å². The summed E-state index contributed by atoms with van der Waals surface area (Å²) in [4.78, 5) is 14.9. The summed E-state index contributed by atoms with van der Waals surface area (Å²) in [6.07, 6.45) is 2.73. The standard InChI is InChI=1S/C22H24N4O/c1-22(15-23)11-13-25(16-22)21(27)18-8-5-9-19(14-18)26-20(10-12-24-26)17-6-3-2-4-7-17/h2-10,12,14H,11,13,15-16,23H2,1H3. The molecule has 2 N–H and O–H groups in total. The van der Waals surface area contributed by atoms with Crippen LogP contribution in [0.25, 0.3) is 16.9 Å². The lowest BCUT2D eigenvalue weighted by atomic mass is 9.90. The van der Waals surface area contributed by atoms with Crippen LogP contribution in [0.1, 0.15) is 23.7 Å². The maximum atomic E-state index is 13.0. The third kappa shape index (κ3) is 3.38. The maximum Gasteiger partial charge on any atom is 0.253 e. The number of hydrogen-bond acceptors (Lipinski definition) is 3. The largest absolute Gasteiger partial charge is 0.338 e. The van der Waals surface area contributed by atoms with Crippen LogP contribution in [0.15, 0.2) is 66.9 Å². The highest BCUT2D eigenvalue weighted by atomic mass is 16.2. The molecule has 5 heteroatoms. The number of nitrogens with zero attached hydrogens (tertiary/aromatic N) is 3. The van der Waals surface area contributed by atoms with Crippen molar-refractivity contribution in [3.05, 3.63) is 72.4 Å². The van der Waals surface area contributed by atoms with Crippen molar-refractivity contribution in [1.82, 2.24) is 14.7 Å². The van der Waals surface area contributed by atoms with Crippen LogP contribution in [-0.2, 0) is 0 Å². The Bertz CT molecular complexity index is 950. The Morgan fingerprint density at radius 1 is 1.15 bits per heavy atom. The quantitative estimate of drug-likeness (QED) is 0.776. The summed E-state index contributed by atoms with van der Waals surface area (Å²) in [5.41, 5.74) is 9.55. The van der Waals surface area contributed by atoms with Gasteiger partial charge in [-0.2, -0.15) is 5.10 Å². The third-order valence-electron chi connectivity index (χ3n) is 5.39. The summed E-state index contributed by atoms with van der Waals surface area (Å²) < 4.78 is 1.88. The average molecular weight is 360 g/mol. The molecule has 1 unspecified atom stereocenters. The van der Waals surface area contributed by atoms with E-state index in [1.807, 2.05) is 58.1 Å². The molecule has 1 saturated heterocycles. The Labute approximate surface area is 159 Å². The first kappa shape index (κ1) is 17.5. The van der Waals surface area contributed by atoms with Gasteiger partial charge in [0.15, 0.2) is 0 Å². The number of benzene rings is 2. The average Bonchev–Trinajstić information content (AvgIpc) is 3.36. The summed E-state index contributed by atoms with van der Waals surface area (Å²) in [6.45, 7) is 4.22. The van der Waals surface area contributed by atoms with Crippen LogP contribution in [-0.4, -0.2) is 40.2 Å². The summed E-state index contributed by atoms with van der Waals surface area (Å²) in [7, 11) is 0. The molecule has 1 fully saturated rings. The van der Waals surface area contributed by atoms with Crippen LogP contribution < -0.4 is 5.73 Å². The number of nitrogens with two attached hydrogens (primary N) is 1. The fourth-order valence-corrected chi connectivity index (χ4v) is 3.65. The van der Waals surface area contributed by atoms with Crippen molar-refractivity contribution >= 4 is 5.91 Å². The number of amides is 1. The Balaban J connectivity index is 1.63. The summed E-state index contributed by atoms with van der Waals surface area (Å²) in [5.74, 6) is 0.0578. The van der Waals surface area contributed by atoms with Crippen molar-refractivity contribution in [1.29, 1.82) is 0 Å². The van der Waals surface area contributed by atoms with E-state index in [-0.39, 0.29) is 11.3 Å². The van der Waals surface area contributed by atoms with Gasteiger partial charge in [-0.1, -0.05) is 43.3 Å². The van der Waals surface area contributed by atoms with Gasteiger partial charge in [0, 0.05) is 24.2 Å². The normalized spacial score (nSPS) is 19.4. The Morgan fingerprint density at radius 3 is 2.70 bits per heavy atom. The van der Waals surface area contributed by atoms with Crippen molar-refractivity contribution in [2.45, 2.75) is 13.3 Å². The second-order valence-corrected chi connectivity index (χ2v) is 7.54. The second kappa shape index (κ2) is 7.00. The van der Waals surface area contributed by atoms with E-state index in [1.54, 1.807) is 6.20 Å². The summed E-state index contributed by atoms with van der Waals surface area (Å²) >= 11 is 0. The predicted molar refractivity (Wildman–Crippen MR) is 107 cm³/mol. The number of carbonyl (C=O) groups excluding carboxylic acids is 1. The van der Waals surface area contributed by atoms with Crippen LogP contribution in [0.4, 0.5) is 0 Å². The van der Waals surface area contributed by atoms with Crippen LogP contribution in [0, 0.1) is 5.41 Å². The number of hydrogen-bond donors (Lipinski definition) is 1. The van der Waals surface area contributed by atoms with E-state index in [4.69, 9.17) is 5.73 Å². The zero-order chi connectivity index (χ0) is 18.9. The van der Waals surface area contributed by atoms with Gasteiger partial charge in [0.25, 0.3) is 5.91 Å². The topological polar surface area (TPSA) is 64.2 Å². The smallest absolute Gasteiger partial charge is 0.253 e. The van der Waals surface area contributed by atoms with Crippen LogP contribution in [0.5, 0.6) is 0 Å². The lowest BCUT2D eigenvalue weighted by Gasteiger charge is -2.22. The molecular weight excluding hydrogens is 336 g/mol. The van der Waals surface area contributed by atoms with Crippen LogP contribution in [0.2, 0.25) is 0 Å². The molecule has 2 heterocycles. The summed E-state index contributed by atoms with van der Waals surface area (Å²) in [5, 5.41) is 4.47. The predicted octanol–water partition coefficient (Wildman–Crippen LogP) is 3.35. The summed E-state index contributed by atoms with van der Waals surface area (Å²) in [6, 6.07) is 19.8. The molecular formula is C22H24N4O. The fraction of sp³-hybridized carbons (Fsp3) is 0.273. The molecule has 1 aromatic heterocycles. The lowest BCUT2D eigenvalue weighted by molar-refractivity contribution is 0.0777. The van der Waals surface area contributed by atoms with Gasteiger partial charge in [-0.15, -0.1) is 0 Å². The van der Waals surface area contributed by atoms with Crippen molar-refractivity contribution in [2.75, 3.05) is 19.6 Å². The van der Waals surface area contributed by atoms with Gasteiger partial charge in [0.1, 0.15) is 0 Å². The van der Waals surface area contributed by atoms with Crippen molar-refractivity contribution in [2.24, 2.45) is 11.1 Å². The van der Waals surface area contributed by atoms with E-state index < -0.39 is 0 Å². The zero-order valence-electron chi connectivity index (χ0n) is 15.5. The van der Waals surface area contributed by atoms with E-state index in [9.17, 15) is 4.79 Å². The van der Waals surface area contributed by atoms with Gasteiger partial charge in [-0.05, 0) is 42.6 Å². The highest BCUT2D eigenvalue weighted by Gasteiger charge is 2.35. The molecule has 2 aromatic carbocycles. The molecule has 4 rings (SSSR count). The number of carbonyl (C=O) groups is 1. The molecule has 5 nitrogen and oxygen atoms in total. The molecule has 0 spiro atoms. The Kier molecular flexibility index (Phi) is 4.54. The van der Waals surface area contributed by atoms with Crippen molar-refractivity contribution in [3.63, 3.8) is 0 Å². The monoisotopic (exact) mass is 360 g/mol. The van der Waals surface area contributed by atoms with Crippen LogP contribution >= 0.6 is 0 Å². The first-order valence-electron chi connectivity index (χ1n) is 9.29. The van der Waals surface area contributed by atoms with E-state index in [1.165, 1.54) is 0 Å². The number of likely N-dealkylation sites (tertiary alicyclic amines) is 1. The molecule has 0 saturated carbocycles. The van der Waals surface area contributed by atoms with E-state index in [0.29, 0.717) is 18.7 Å². The molecule has 1 amide bonds. The van der Waals surface area contributed by atoms with Crippen molar-refractivity contribution in [3.8, 4) is 16.9 Å². The highest BCUT2D eigenvalue weighted by Crippen LogP contribution is 2.30. The molecule has 0 bridgehead atoms. The third-order valence-corrected chi connectivity index (χ3v) is 5.39. The van der Waals surface area contributed by atoms with Gasteiger partial charge in [0.05, 0.1) is 17.6 Å². The van der Waals surface area contributed by atoms with Crippen molar-refractivity contribution < 1.29 is 4.79 Å². The van der Waals surface area contributed by atoms with E-state index in [0.717, 1.165) is 29.9 Å². The van der Waals surface area contributed by atoms with Gasteiger partial charge in [-0.3, -0.25) is 4.79 Å². The maximum absolute atomic E-state index is 13.0. The first-order valence-corrected chi connectivity index (χ1v) is 9.29. The number of rotatable bonds is 4. The molecule has 138 valence electrons. The molecule has 0 aliphatic carbocycles. The minimum absolute atomic E-state index is 0.0235. The molecule has 1 atom stereocenters. The SMILES string of the molecule is CC1(CN)CCN(C(=O)c2cccc(-n3nccc3-c3ccccc3)c2)C1. The first-order chi connectivity index (χ1) is 13.1. The van der Waals surface area contributed by atoms with Gasteiger partial charge in [0.2, 0.25) is 0 Å². The van der Waals surface area contributed by atoms with Gasteiger partial charge < -0.3 is 10.6 Å². The lowest BCUT2D eigenvalue weighted by Crippen LogP contribution is -2.34. The van der Waals surface area contributed by atoms with Gasteiger partial charge in [-0.25, -0.2) is 4.68 Å². The molecule has 1 aliphatic rings. The molecule has 0 radical (unpaired) electrons. The van der Waals surface area contributed by atoms with Crippen LogP contribution in [0.3, 0.4) is 0 Å². The zero-order valence-corrected chi connectivity index (χ0v) is 15.5. The molecule has 3 aromatic rings. The van der Waals surface area contributed by atoms with E-state index in [2.05, 4.69) is 24.2 Å². The Morgan fingerprint density at radius 2 is 1.96 bits per heavy atom. The highest BCUT2D eigenvalue weighted by molar-refractivity contribution is 5.95.